The van der Waals surface area contributed by atoms with Gasteiger partial charge < -0.3 is 0 Å². The SMILES string of the molecule is [CH2]CC(S)CCCCCCCC. The molecule has 73 valence electrons. The fourth-order valence-corrected chi connectivity index (χ4v) is 1.49. The van der Waals surface area contributed by atoms with E-state index in [0.717, 1.165) is 6.42 Å². The maximum atomic E-state index is 4.41. The van der Waals surface area contributed by atoms with Crippen LogP contribution in [0.3, 0.4) is 0 Å². The first-order valence-electron chi connectivity index (χ1n) is 5.28. The molecule has 1 radical (unpaired) electrons. The first-order chi connectivity index (χ1) is 5.81. The maximum Gasteiger partial charge on any atom is 0.00168 e. The van der Waals surface area contributed by atoms with Gasteiger partial charge in [-0.3, -0.25) is 0 Å². The van der Waals surface area contributed by atoms with E-state index >= 15 is 0 Å². The predicted octanol–water partition coefficient (Wildman–Crippen LogP) is 4.26. The topological polar surface area (TPSA) is 0 Å². The van der Waals surface area contributed by atoms with Crippen molar-refractivity contribution in [1.82, 2.24) is 0 Å². The molecule has 1 heteroatoms. The van der Waals surface area contributed by atoms with Crippen LogP contribution in [0.1, 0.15) is 58.3 Å². The van der Waals surface area contributed by atoms with Crippen LogP contribution < -0.4 is 0 Å². The van der Waals surface area contributed by atoms with Crippen LogP contribution in [0.5, 0.6) is 0 Å². The van der Waals surface area contributed by atoms with Crippen molar-refractivity contribution in [2.45, 2.75) is 63.5 Å². The van der Waals surface area contributed by atoms with Crippen molar-refractivity contribution in [2.75, 3.05) is 0 Å². The van der Waals surface area contributed by atoms with Crippen LogP contribution in [0.4, 0.5) is 0 Å². The van der Waals surface area contributed by atoms with Crippen molar-refractivity contribution in [1.29, 1.82) is 0 Å². The van der Waals surface area contributed by atoms with Crippen molar-refractivity contribution in [3.8, 4) is 0 Å². The van der Waals surface area contributed by atoms with Crippen LogP contribution in [0.25, 0.3) is 0 Å². The number of hydrogen-bond acceptors (Lipinski definition) is 1. The Labute approximate surface area is 83.5 Å². The van der Waals surface area contributed by atoms with Gasteiger partial charge in [0.2, 0.25) is 0 Å². The average molecular weight is 187 g/mol. The Hall–Kier alpha value is 0.350. The fraction of sp³-hybridized carbons (Fsp3) is 0.909. The lowest BCUT2D eigenvalue weighted by Gasteiger charge is -2.06. The molecule has 0 aromatic carbocycles. The number of thiol groups is 1. The number of hydrogen-bond donors (Lipinski definition) is 1. The summed E-state index contributed by atoms with van der Waals surface area (Å²) in [7, 11) is 0. The molecule has 0 bridgehead atoms. The molecule has 0 N–H and O–H groups in total. The third kappa shape index (κ3) is 8.45. The molecule has 0 aromatic rings. The minimum atomic E-state index is 0.538. The number of unbranched alkanes of at least 4 members (excludes halogenated alkanes) is 5. The minimum absolute atomic E-state index is 0.538. The highest BCUT2D eigenvalue weighted by molar-refractivity contribution is 7.80. The summed E-state index contributed by atoms with van der Waals surface area (Å²) in [5, 5.41) is 0.538. The normalized spacial score (nSPS) is 13.2. The molecule has 0 saturated carbocycles. The van der Waals surface area contributed by atoms with Gasteiger partial charge >= 0.3 is 0 Å². The van der Waals surface area contributed by atoms with Gasteiger partial charge in [0.1, 0.15) is 0 Å². The Morgan fingerprint density at radius 1 is 1.08 bits per heavy atom. The largest absolute Gasteiger partial charge is 0.176 e. The van der Waals surface area contributed by atoms with E-state index in [9.17, 15) is 0 Å². The quantitative estimate of drug-likeness (QED) is 0.426. The molecule has 1 unspecified atom stereocenters. The first kappa shape index (κ1) is 12.3. The second-order valence-electron chi connectivity index (χ2n) is 3.50. The van der Waals surface area contributed by atoms with Crippen molar-refractivity contribution in [2.24, 2.45) is 0 Å². The summed E-state index contributed by atoms with van der Waals surface area (Å²) < 4.78 is 0. The summed E-state index contributed by atoms with van der Waals surface area (Å²) in [5.74, 6) is 0. The maximum absolute atomic E-state index is 4.41. The van der Waals surface area contributed by atoms with Gasteiger partial charge in [-0.25, -0.2) is 0 Å². The highest BCUT2D eigenvalue weighted by Gasteiger charge is 1.98. The zero-order valence-electron chi connectivity index (χ0n) is 8.39. The molecule has 0 heterocycles. The lowest BCUT2D eigenvalue weighted by atomic mass is 10.1. The van der Waals surface area contributed by atoms with Crippen LogP contribution in [0.2, 0.25) is 0 Å². The van der Waals surface area contributed by atoms with E-state index in [4.69, 9.17) is 0 Å². The summed E-state index contributed by atoms with van der Waals surface area (Å²) in [6.07, 6.45) is 10.5. The zero-order chi connectivity index (χ0) is 9.23. The Balaban J connectivity index is 2.90. The summed E-state index contributed by atoms with van der Waals surface area (Å²) in [6.45, 7) is 6.09. The smallest absolute Gasteiger partial charge is 0.00168 e. The Kier molecular flexibility index (Phi) is 9.71. The van der Waals surface area contributed by atoms with E-state index < -0.39 is 0 Å². The summed E-state index contributed by atoms with van der Waals surface area (Å²) in [6, 6.07) is 0. The van der Waals surface area contributed by atoms with Crippen LogP contribution in [0, 0.1) is 6.92 Å². The lowest BCUT2D eigenvalue weighted by molar-refractivity contribution is 0.583. The molecular formula is C11H23S. The monoisotopic (exact) mass is 187 g/mol. The summed E-state index contributed by atoms with van der Waals surface area (Å²) >= 11 is 4.41. The molecular weight excluding hydrogens is 164 g/mol. The van der Waals surface area contributed by atoms with Gasteiger partial charge in [-0.1, -0.05) is 52.4 Å². The molecule has 12 heavy (non-hydrogen) atoms. The van der Waals surface area contributed by atoms with Crippen molar-refractivity contribution in [3.63, 3.8) is 0 Å². The van der Waals surface area contributed by atoms with Gasteiger partial charge in [-0.05, 0) is 12.8 Å². The molecule has 1 atom stereocenters. The molecule has 0 amide bonds. The van der Waals surface area contributed by atoms with Crippen molar-refractivity contribution in [3.05, 3.63) is 6.92 Å². The van der Waals surface area contributed by atoms with E-state index in [0.29, 0.717) is 5.25 Å². The molecule has 0 spiro atoms. The molecule has 0 nitrogen and oxygen atoms in total. The van der Waals surface area contributed by atoms with Gasteiger partial charge in [0.15, 0.2) is 0 Å². The summed E-state index contributed by atoms with van der Waals surface area (Å²) in [5.41, 5.74) is 0. The predicted molar refractivity (Wildman–Crippen MR) is 60.7 cm³/mol. The molecule has 0 fully saturated rings. The van der Waals surface area contributed by atoms with Gasteiger partial charge in [-0.2, -0.15) is 12.6 Å². The highest BCUT2D eigenvalue weighted by Crippen LogP contribution is 2.13. The van der Waals surface area contributed by atoms with Gasteiger partial charge in [0.05, 0.1) is 0 Å². The van der Waals surface area contributed by atoms with Gasteiger partial charge in [0.25, 0.3) is 0 Å². The Morgan fingerprint density at radius 2 is 1.67 bits per heavy atom. The Bertz CT molecular complexity index is 81.1. The molecule has 0 rings (SSSR count). The second kappa shape index (κ2) is 9.44. The molecule has 0 aliphatic rings. The van der Waals surface area contributed by atoms with E-state index in [2.05, 4.69) is 26.5 Å². The third-order valence-corrected chi connectivity index (χ3v) is 2.74. The second-order valence-corrected chi connectivity index (χ2v) is 4.23. The van der Waals surface area contributed by atoms with Crippen LogP contribution in [-0.4, -0.2) is 5.25 Å². The van der Waals surface area contributed by atoms with E-state index in [1.165, 1.54) is 44.9 Å². The fourth-order valence-electron chi connectivity index (χ4n) is 1.30. The van der Waals surface area contributed by atoms with Crippen LogP contribution in [-0.2, 0) is 0 Å². The number of rotatable bonds is 8. The van der Waals surface area contributed by atoms with E-state index in [-0.39, 0.29) is 0 Å². The third-order valence-electron chi connectivity index (χ3n) is 2.22. The molecule has 0 saturated heterocycles. The molecule has 0 aliphatic heterocycles. The molecule has 0 aromatic heterocycles. The van der Waals surface area contributed by atoms with Gasteiger partial charge in [0, 0.05) is 5.25 Å². The highest BCUT2D eigenvalue weighted by atomic mass is 32.1. The Morgan fingerprint density at radius 3 is 2.25 bits per heavy atom. The van der Waals surface area contributed by atoms with Crippen molar-refractivity contribution >= 4 is 12.6 Å². The summed E-state index contributed by atoms with van der Waals surface area (Å²) in [4.78, 5) is 0. The lowest BCUT2D eigenvalue weighted by Crippen LogP contribution is -1.95. The van der Waals surface area contributed by atoms with Gasteiger partial charge in [-0.15, -0.1) is 0 Å². The van der Waals surface area contributed by atoms with Crippen molar-refractivity contribution < 1.29 is 0 Å². The molecule has 0 aliphatic carbocycles. The zero-order valence-corrected chi connectivity index (χ0v) is 9.28. The van der Waals surface area contributed by atoms with Crippen LogP contribution >= 0.6 is 12.6 Å². The standard InChI is InChI=1S/C11H23S/c1-3-5-6-7-8-9-10-11(12)4-2/h11-12H,2-10H2,1H3. The van der Waals surface area contributed by atoms with E-state index in [1.54, 1.807) is 0 Å². The average Bonchev–Trinajstić information content (AvgIpc) is 2.10. The first-order valence-corrected chi connectivity index (χ1v) is 5.80. The van der Waals surface area contributed by atoms with Crippen LogP contribution in [0.15, 0.2) is 0 Å². The minimum Gasteiger partial charge on any atom is -0.176 e. The van der Waals surface area contributed by atoms with E-state index in [1.807, 2.05) is 0 Å².